The number of alkyl halides is 3. The molecule has 0 saturated carbocycles. The van der Waals surface area contributed by atoms with Gasteiger partial charge in [-0.05, 0) is 47.4 Å². The lowest BCUT2D eigenvalue weighted by molar-refractivity contribution is -0.144. The van der Waals surface area contributed by atoms with E-state index in [1.165, 1.54) is 24.1 Å². The van der Waals surface area contributed by atoms with Gasteiger partial charge in [-0.15, -0.1) is 0 Å². The van der Waals surface area contributed by atoms with E-state index in [4.69, 9.17) is 4.74 Å². The molecule has 2 aromatic rings. The van der Waals surface area contributed by atoms with E-state index < -0.39 is 23.6 Å². The standard InChI is InChI=1S/C21H20F3NO4/c1-29-18-7-4-14-8-15(10-19(26)27)20(28)25(12-16(14)9-18)11-13-2-5-17(6-3-13)21(22,23)24/h2-7,9,15H,8,10-12H2,1H3,(H,26,27)/t15-/m0/s1. The van der Waals surface area contributed by atoms with Crippen molar-refractivity contribution in [3.63, 3.8) is 0 Å². The van der Waals surface area contributed by atoms with E-state index in [1.807, 2.05) is 6.07 Å². The van der Waals surface area contributed by atoms with E-state index >= 15 is 0 Å². The molecule has 0 spiro atoms. The molecule has 1 aliphatic heterocycles. The largest absolute Gasteiger partial charge is 0.497 e. The van der Waals surface area contributed by atoms with Crippen molar-refractivity contribution < 1.29 is 32.6 Å². The van der Waals surface area contributed by atoms with Gasteiger partial charge in [-0.3, -0.25) is 9.59 Å². The van der Waals surface area contributed by atoms with Gasteiger partial charge in [-0.25, -0.2) is 0 Å². The van der Waals surface area contributed by atoms with Crippen molar-refractivity contribution in [3.8, 4) is 5.75 Å². The first kappa shape index (κ1) is 20.7. The molecule has 1 atom stereocenters. The van der Waals surface area contributed by atoms with E-state index in [0.29, 0.717) is 11.3 Å². The number of carboxylic acids is 1. The zero-order valence-electron chi connectivity index (χ0n) is 15.7. The molecule has 5 nitrogen and oxygen atoms in total. The fourth-order valence-corrected chi connectivity index (χ4v) is 3.49. The molecular weight excluding hydrogens is 387 g/mol. The Bertz CT molecular complexity index is 909. The summed E-state index contributed by atoms with van der Waals surface area (Å²) in [5.74, 6) is -1.53. The summed E-state index contributed by atoms with van der Waals surface area (Å²) in [6, 6.07) is 9.99. The van der Waals surface area contributed by atoms with E-state index in [1.54, 1.807) is 12.1 Å². The topological polar surface area (TPSA) is 66.8 Å². The normalized spacial score (nSPS) is 16.9. The molecular formula is C21H20F3NO4. The summed E-state index contributed by atoms with van der Waals surface area (Å²) in [5.41, 5.74) is 1.46. The SMILES string of the molecule is COc1ccc2c(c1)CN(Cc1ccc(C(F)(F)F)cc1)C(=O)[C@H](CC(=O)O)C2. The number of halogens is 3. The Morgan fingerprint density at radius 1 is 1.17 bits per heavy atom. The maximum atomic E-state index is 13.0. The predicted molar refractivity (Wildman–Crippen MR) is 98.1 cm³/mol. The molecule has 0 fully saturated rings. The molecule has 0 bridgehead atoms. The van der Waals surface area contributed by atoms with Gasteiger partial charge in [-0.1, -0.05) is 18.2 Å². The van der Waals surface area contributed by atoms with Crippen LogP contribution >= 0.6 is 0 Å². The maximum absolute atomic E-state index is 13.0. The van der Waals surface area contributed by atoms with E-state index in [0.717, 1.165) is 23.3 Å². The molecule has 1 heterocycles. The lowest BCUT2D eigenvalue weighted by Crippen LogP contribution is -2.35. The second-order valence-corrected chi connectivity index (χ2v) is 7.02. The molecule has 2 aromatic carbocycles. The molecule has 0 saturated heterocycles. The van der Waals surface area contributed by atoms with Crippen molar-refractivity contribution in [2.24, 2.45) is 5.92 Å². The number of ether oxygens (including phenoxy) is 1. The molecule has 0 unspecified atom stereocenters. The van der Waals surface area contributed by atoms with E-state index in [2.05, 4.69) is 0 Å². The smallest absolute Gasteiger partial charge is 0.416 e. The summed E-state index contributed by atoms with van der Waals surface area (Å²) in [7, 11) is 1.52. The fourth-order valence-electron chi connectivity index (χ4n) is 3.49. The summed E-state index contributed by atoms with van der Waals surface area (Å²) in [6.45, 7) is 0.312. The lowest BCUT2D eigenvalue weighted by Gasteiger charge is -2.24. The number of benzene rings is 2. The average Bonchev–Trinajstić information content (AvgIpc) is 2.78. The summed E-state index contributed by atoms with van der Waals surface area (Å²) < 4.78 is 43.5. The molecule has 1 aliphatic rings. The highest BCUT2D eigenvalue weighted by Gasteiger charge is 2.32. The lowest BCUT2D eigenvalue weighted by atomic mass is 9.94. The second kappa shape index (κ2) is 8.14. The Labute approximate surface area is 165 Å². The van der Waals surface area contributed by atoms with Crippen LogP contribution in [-0.4, -0.2) is 29.0 Å². The molecule has 0 aromatic heterocycles. The van der Waals surface area contributed by atoms with Crippen LogP contribution in [0.5, 0.6) is 5.75 Å². The van der Waals surface area contributed by atoms with Crippen LogP contribution in [0, 0.1) is 5.92 Å². The Kier molecular flexibility index (Phi) is 5.81. The third-order valence-corrected chi connectivity index (χ3v) is 4.98. The van der Waals surface area contributed by atoms with Crippen molar-refractivity contribution in [1.82, 2.24) is 4.90 Å². The first-order valence-electron chi connectivity index (χ1n) is 9.00. The Morgan fingerprint density at radius 2 is 1.86 bits per heavy atom. The number of carboxylic acid groups (broad SMARTS) is 1. The molecule has 8 heteroatoms. The minimum Gasteiger partial charge on any atom is -0.497 e. The van der Waals surface area contributed by atoms with Gasteiger partial charge in [0.15, 0.2) is 0 Å². The van der Waals surface area contributed by atoms with Crippen LogP contribution in [0.1, 0.15) is 28.7 Å². The number of fused-ring (bicyclic) bond motifs is 1. The molecule has 29 heavy (non-hydrogen) atoms. The Morgan fingerprint density at radius 3 is 2.45 bits per heavy atom. The number of methoxy groups -OCH3 is 1. The number of carbonyl (C=O) groups excluding carboxylic acids is 1. The number of rotatable bonds is 5. The van der Waals surface area contributed by atoms with Crippen molar-refractivity contribution in [1.29, 1.82) is 0 Å². The van der Waals surface area contributed by atoms with Gasteiger partial charge in [0.2, 0.25) is 5.91 Å². The molecule has 154 valence electrons. The first-order chi connectivity index (χ1) is 13.7. The zero-order valence-corrected chi connectivity index (χ0v) is 15.7. The summed E-state index contributed by atoms with van der Waals surface area (Å²) in [4.78, 5) is 25.7. The third-order valence-electron chi connectivity index (χ3n) is 4.98. The highest BCUT2D eigenvalue weighted by atomic mass is 19.4. The van der Waals surface area contributed by atoms with Crippen molar-refractivity contribution in [2.75, 3.05) is 7.11 Å². The quantitative estimate of drug-likeness (QED) is 0.817. The van der Waals surface area contributed by atoms with E-state index in [-0.39, 0.29) is 31.8 Å². The maximum Gasteiger partial charge on any atom is 0.416 e. The van der Waals surface area contributed by atoms with Crippen LogP contribution in [-0.2, 0) is 35.3 Å². The van der Waals surface area contributed by atoms with Gasteiger partial charge in [0, 0.05) is 13.1 Å². The molecule has 0 aliphatic carbocycles. The third kappa shape index (κ3) is 4.88. The van der Waals surface area contributed by atoms with Gasteiger partial charge in [0.05, 0.1) is 25.0 Å². The fraction of sp³-hybridized carbons (Fsp3) is 0.333. The number of amides is 1. The molecule has 0 radical (unpaired) electrons. The molecule has 1 N–H and O–H groups in total. The van der Waals surface area contributed by atoms with Crippen LogP contribution in [0.3, 0.4) is 0 Å². The number of aliphatic carboxylic acids is 1. The highest BCUT2D eigenvalue weighted by molar-refractivity contribution is 5.84. The minimum absolute atomic E-state index is 0.0870. The van der Waals surface area contributed by atoms with Gasteiger partial charge in [0.1, 0.15) is 5.75 Å². The first-order valence-corrected chi connectivity index (χ1v) is 9.00. The highest BCUT2D eigenvalue weighted by Crippen LogP contribution is 2.31. The van der Waals surface area contributed by atoms with Crippen molar-refractivity contribution in [2.45, 2.75) is 32.1 Å². The Balaban J connectivity index is 1.90. The van der Waals surface area contributed by atoms with Gasteiger partial charge in [0.25, 0.3) is 0 Å². The number of nitrogens with zero attached hydrogens (tertiary/aromatic N) is 1. The van der Waals surface area contributed by atoms with Crippen molar-refractivity contribution in [3.05, 3.63) is 64.7 Å². The second-order valence-electron chi connectivity index (χ2n) is 7.02. The van der Waals surface area contributed by atoms with Crippen LogP contribution in [0.15, 0.2) is 42.5 Å². The van der Waals surface area contributed by atoms with Crippen LogP contribution < -0.4 is 4.74 Å². The zero-order chi connectivity index (χ0) is 21.2. The van der Waals surface area contributed by atoms with Crippen molar-refractivity contribution >= 4 is 11.9 Å². The number of hydrogen-bond acceptors (Lipinski definition) is 3. The average molecular weight is 407 g/mol. The van der Waals surface area contributed by atoms with Gasteiger partial charge >= 0.3 is 12.1 Å². The molecule has 3 rings (SSSR count). The Hall–Kier alpha value is -3.03. The van der Waals surface area contributed by atoms with E-state index in [9.17, 15) is 27.9 Å². The number of carbonyl (C=O) groups is 2. The number of hydrogen-bond donors (Lipinski definition) is 1. The summed E-state index contributed by atoms with van der Waals surface area (Å²) >= 11 is 0. The summed E-state index contributed by atoms with van der Waals surface area (Å²) in [5, 5.41) is 9.19. The summed E-state index contributed by atoms with van der Waals surface area (Å²) in [6.07, 6.45) is -4.46. The monoisotopic (exact) mass is 407 g/mol. The van der Waals surface area contributed by atoms with Gasteiger partial charge in [-0.2, -0.15) is 13.2 Å². The van der Waals surface area contributed by atoms with Crippen LogP contribution in [0.2, 0.25) is 0 Å². The van der Waals surface area contributed by atoms with Gasteiger partial charge < -0.3 is 14.7 Å². The van der Waals surface area contributed by atoms with Crippen LogP contribution in [0.25, 0.3) is 0 Å². The van der Waals surface area contributed by atoms with Crippen LogP contribution in [0.4, 0.5) is 13.2 Å². The predicted octanol–water partition coefficient (Wildman–Crippen LogP) is 3.89. The minimum atomic E-state index is -4.43. The molecule has 1 amide bonds.